The summed E-state index contributed by atoms with van der Waals surface area (Å²) in [7, 11) is 0. The van der Waals surface area contributed by atoms with Gasteiger partial charge >= 0.3 is 0 Å². The Balaban J connectivity index is 1.91. The van der Waals surface area contributed by atoms with Crippen LogP contribution in [0.15, 0.2) is 23.5 Å². The summed E-state index contributed by atoms with van der Waals surface area (Å²) < 4.78 is 0. The van der Waals surface area contributed by atoms with E-state index >= 15 is 0 Å². The lowest BCUT2D eigenvalue weighted by Gasteiger charge is -2.24. The van der Waals surface area contributed by atoms with Crippen molar-refractivity contribution in [3.63, 3.8) is 0 Å². The van der Waals surface area contributed by atoms with Gasteiger partial charge < -0.3 is 5.73 Å². The summed E-state index contributed by atoms with van der Waals surface area (Å²) in [6, 6.07) is 2.44. The van der Waals surface area contributed by atoms with Gasteiger partial charge in [0.05, 0.1) is 11.8 Å². The average molecular weight is 406 g/mol. The lowest BCUT2D eigenvalue weighted by atomic mass is 9.80. The van der Waals surface area contributed by atoms with Gasteiger partial charge in [-0.15, -0.1) is 0 Å². The fourth-order valence-electron chi connectivity index (χ4n) is 4.87. The molecule has 2 aliphatic rings. The van der Waals surface area contributed by atoms with Crippen molar-refractivity contribution in [2.45, 2.75) is 71.6 Å². The first-order valence-electron chi connectivity index (χ1n) is 11.5. The summed E-state index contributed by atoms with van der Waals surface area (Å²) in [6.45, 7) is 4.91. The number of amidine groups is 1. The minimum absolute atomic E-state index is 0.367. The maximum absolute atomic E-state index is 9.39. The summed E-state index contributed by atoms with van der Waals surface area (Å²) in [5.74, 6) is 2.09. The SMILES string of the molecule is CCC/C=C\c1c(C)ncnc1C1=CC(CC(CC#N)C2CCCC2)CCN=C1N. The van der Waals surface area contributed by atoms with Gasteiger partial charge in [0.2, 0.25) is 0 Å². The van der Waals surface area contributed by atoms with Gasteiger partial charge in [-0.3, -0.25) is 4.99 Å². The van der Waals surface area contributed by atoms with Crippen molar-refractivity contribution in [3.05, 3.63) is 35.4 Å². The van der Waals surface area contributed by atoms with E-state index in [9.17, 15) is 5.26 Å². The molecule has 0 spiro atoms. The van der Waals surface area contributed by atoms with Crippen LogP contribution in [0.4, 0.5) is 0 Å². The maximum Gasteiger partial charge on any atom is 0.127 e. The minimum Gasteiger partial charge on any atom is -0.383 e. The summed E-state index contributed by atoms with van der Waals surface area (Å²) in [5.41, 5.74) is 10.2. The zero-order valence-electron chi connectivity index (χ0n) is 18.5. The van der Waals surface area contributed by atoms with E-state index in [1.54, 1.807) is 6.33 Å². The van der Waals surface area contributed by atoms with Crippen molar-refractivity contribution in [2.24, 2.45) is 28.5 Å². The molecule has 2 N–H and O–H groups in total. The number of hydrogen-bond acceptors (Lipinski definition) is 5. The third-order valence-corrected chi connectivity index (χ3v) is 6.56. The fraction of sp³-hybridized carbons (Fsp3) is 0.600. The van der Waals surface area contributed by atoms with Gasteiger partial charge in [0.25, 0.3) is 0 Å². The van der Waals surface area contributed by atoms with E-state index in [1.165, 1.54) is 25.7 Å². The second kappa shape index (κ2) is 11.1. The normalized spacial score (nSPS) is 21.2. The summed E-state index contributed by atoms with van der Waals surface area (Å²) in [6.07, 6.45) is 18.2. The largest absolute Gasteiger partial charge is 0.383 e. The lowest BCUT2D eigenvalue weighted by Crippen LogP contribution is -2.17. The zero-order valence-corrected chi connectivity index (χ0v) is 18.5. The molecule has 0 saturated heterocycles. The molecular formula is C25H35N5. The van der Waals surface area contributed by atoms with Crippen molar-refractivity contribution < 1.29 is 0 Å². The van der Waals surface area contributed by atoms with Gasteiger partial charge in [0.15, 0.2) is 0 Å². The molecule has 1 aromatic heterocycles. The highest BCUT2D eigenvalue weighted by Gasteiger charge is 2.28. The highest BCUT2D eigenvalue weighted by atomic mass is 14.9. The molecule has 1 fully saturated rings. The van der Waals surface area contributed by atoms with Crippen LogP contribution in [-0.4, -0.2) is 22.3 Å². The van der Waals surface area contributed by atoms with Crippen molar-refractivity contribution >= 4 is 17.5 Å². The van der Waals surface area contributed by atoms with Crippen LogP contribution in [0, 0.1) is 36.0 Å². The van der Waals surface area contributed by atoms with Gasteiger partial charge in [-0.1, -0.05) is 57.3 Å². The van der Waals surface area contributed by atoms with Crippen LogP contribution in [0.1, 0.15) is 81.7 Å². The van der Waals surface area contributed by atoms with Gasteiger partial charge in [-0.2, -0.15) is 5.26 Å². The second-order valence-electron chi connectivity index (χ2n) is 8.71. The number of rotatable bonds is 8. The number of nitrogens with two attached hydrogens (primary N) is 1. The number of aliphatic imine (C=N–C) groups is 1. The summed E-state index contributed by atoms with van der Waals surface area (Å²) in [5, 5.41) is 9.39. The number of aromatic nitrogens is 2. The second-order valence-corrected chi connectivity index (χ2v) is 8.71. The third kappa shape index (κ3) is 5.56. The molecule has 0 aromatic carbocycles. The molecule has 1 saturated carbocycles. The first kappa shape index (κ1) is 22.2. The average Bonchev–Trinajstić information content (AvgIpc) is 3.21. The Hall–Kier alpha value is -2.48. The zero-order chi connectivity index (χ0) is 21.3. The van der Waals surface area contributed by atoms with E-state index in [-0.39, 0.29) is 0 Å². The van der Waals surface area contributed by atoms with E-state index in [0.717, 1.165) is 54.8 Å². The Morgan fingerprint density at radius 3 is 2.80 bits per heavy atom. The number of unbranched alkanes of at least 4 members (excludes halogenated alkanes) is 1. The Morgan fingerprint density at radius 1 is 1.27 bits per heavy atom. The Kier molecular flexibility index (Phi) is 8.19. The summed E-state index contributed by atoms with van der Waals surface area (Å²) in [4.78, 5) is 13.6. The summed E-state index contributed by atoms with van der Waals surface area (Å²) >= 11 is 0. The molecule has 3 rings (SSSR count). The van der Waals surface area contributed by atoms with E-state index in [2.05, 4.69) is 46.2 Å². The van der Waals surface area contributed by atoms with Crippen LogP contribution in [0.2, 0.25) is 0 Å². The quantitative estimate of drug-likeness (QED) is 0.621. The van der Waals surface area contributed by atoms with E-state index in [4.69, 9.17) is 5.73 Å². The number of nitriles is 1. The molecule has 0 radical (unpaired) electrons. The van der Waals surface area contributed by atoms with Gasteiger partial charge in [-0.05, 0) is 43.9 Å². The topological polar surface area (TPSA) is 88.0 Å². The first-order chi connectivity index (χ1) is 14.6. The smallest absolute Gasteiger partial charge is 0.127 e. The van der Waals surface area contributed by atoms with Gasteiger partial charge in [-0.25, -0.2) is 9.97 Å². The molecule has 0 amide bonds. The van der Waals surface area contributed by atoms with Crippen molar-refractivity contribution in [2.75, 3.05) is 6.54 Å². The van der Waals surface area contributed by atoms with Gasteiger partial charge in [0, 0.05) is 29.8 Å². The first-order valence-corrected chi connectivity index (χ1v) is 11.5. The third-order valence-electron chi connectivity index (χ3n) is 6.56. The molecule has 2 atom stereocenters. The van der Waals surface area contributed by atoms with E-state index < -0.39 is 0 Å². The highest BCUT2D eigenvalue weighted by molar-refractivity contribution is 6.22. The van der Waals surface area contributed by atoms with Crippen LogP contribution < -0.4 is 5.73 Å². The van der Waals surface area contributed by atoms with Crippen molar-refractivity contribution in [1.82, 2.24) is 9.97 Å². The highest BCUT2D eigenvalue weighted by Crippen LogP contribution is 2.38. The van der Waals surface area contributed by atoms with Gasteiger partial charge in [0.1, 0.15) is 12.2 Å². The maximum atomic E-state index is 9.39. The standard InChI is InChI=1S/C25H35N5/c1-3-4-5-10-22-18(2)29-17-30-24(22)23-16-19(12-14-28-25(23)27)15-21(11-13-26)20-8-6-7-9-20/h5,10,16-17,19-21H,3-4,6-9,11-12,14-15H2,1-2H3,(H2,27,28)/b10-5-. The number of allylic oxidation sites excluding steroid dienone is 2. The molecule has 0 bridgehead atoms. The molecule has 1 aromatic rings. The van der Waals surface area contributed by atoms with Crippen LogP contribution in [0.25, 0.3) is 11.6 Å². The molecule has 5 heteroatoms. The lowest BCUT2D eigenvalue weighted by molar-refractivity contribution is 0.289. The van der Waals surface area contributed by atoms with Crippen LogP contribution in [0.5, 0.6) is 0 Å². The predicted molar refractivity (Wildman–Crippen MR) is 124 cm³/mol. The van der Waals surface area contributed by atoms with Crippen molar-refractivity contribution in [3.8, 4) is 6.07 Å². The molecule has 5 nitrogen and oxygen atoms in total. The monoisotopic (exact) mass is 405 g/mol. The van der Waals surface area contributed by atoms with E-state index in [0.29, 0.717) is 30.0 Å². The molecular weight excluding hydrogens is 370 g/mol. The van der Waals surface area contributed by atoms with Crippen molar-refractivity contribution in [1.29, 1.82) is 5.26 Å². The minimum atomic E-state index is 0.367. The molecule has 1 aliphatic heterocycles. The number of aryl methyl sites for hydroxylation is 1. The van der Waals surface area contributed by atoms with Crippen LogP contribution >= 0.6 is 0 Å². The molecule has 1 aliphatic carbocycles. The number of nitrogens with zero attached hydrogens (tertiary/aromatic N) is 4. The molecule has 2 heterocycles. The molecule has 2 unspecified atom stereocenters. The molecule has 160 valence electrons. The number of hydrogen-bond donors (Lipinski definition) is 1. The van der Waals surface area contributed by atoms with E-state index in [1.807, 2.05) is 6.92 Å². The Labute approximate surface area is 181 Å². The van der Waals surface area contributed by atoms with Crippen LogP contribution in [0.3, 0.4) is 0 Å². The van der Waals surface area contributed by atoms with Crippen LogP contribution in [-0.2, 0) is 0 Å². The molecule has 30 heavy (non-hydrogen) atoms. The predicted octanol–water partition coefficient (Wildman–Crippen LogP) is 5.47. The Morgan fingerprint density at radius 2 is 2.07 bits per heavy atom. The fourth-order valence-corrected chi connectivity index (χ4v) is 4.87. The Bertz CT molecular complexity index is 840.